The molecule has 1 N–H and O–H groups in total. The highest BCUT2D eigenvalue weighted by Crippen LogP contribution is 2.34. The van der Waals surface area contributed by atoms with Gasteiger partial charge in [-0.05, 0) is 31.4 Å². The Bertz CT molecular complexity index is 492. The average molecular weight is 296 g/mol. The normalized spacial score (nSPS) is 22.2. The summed E-state index contributed by atoms with van der Waals surface area (Å²) in [6.07, 6.45) is 1.51. The van der Waals surface area contributed by atoms with E-state index in [-0.39, 0.29) is 16.9 Å². The van der Waals surface area contributed by atoms with Crippen molar-refractivity contribution >= 4 is 33.0 Å². The van der Waals surface area contributed by atoms with Gasteiger partial charge in [0.1, 0.15) is 4.21 Å². The maximum Gasteiger partial charge on any atom is 0.252 e. The Hall–Kier alpha value is -0.140. The zero-order valence-corrected chi connectivity index (χ0v) is 11.8. The number of aryl methyl sites for hydroxylation is 1. The summed E-state index contributed by atoms with van der Waals surface area (Å²) >= 11 is 6.97. The van der Waals surface area contributed by atoms with Gasteiger partial charge in [0.25, 0.3) is 10.0 Å². The van der Waals surface area contributed by atoms with Gasteiger partial charge >= 0.3 is 0 Å². The van der Waals surface area contributed by atoms with E-state index in [1.807, 2.05) is 0 Å². The Kier molecular flexibility index (Phi) is 3.80. The lowest BCUT2D eigenvalue weighted by Gasteiger charge is -2.21. The molecule has 1 saturated heterocycles. The first-order chi connectivity index (χ1) is 7.96. The first kappa shape index (κ1) is 13.3. The lowest BCUT2D eigenvalue weighted by atomic mass is 10.2. The molecule has 1 fully saturated rings. The number of aliphatic hydroxyl groups excluding tert-OH is 1. The molecule has 1 aliphatic heterocycles. The Morgan fingerprint density at radius 1 is 1.65 bits per heavy atom. The molecule has 1 aliphatic rings. The van der Waals surface area contributed by atoms with E-state index in [1.54, 1.807) is 13.0 Å². The third kappa shape index (κ3) is 2.37. The summed E-state index contributed by atoms with van der Waals surface area (Å²) in [6, 6.07) is 1.30. The lowest BCUT2D eigenvalue weighted by molar-refractivity contribution is 0.213. The van der Waals surface area contributed by atoms with Crippen LogP contribution in [0.15, 0.2) is 10.3 Å². The Morgan fingerprint density at radius 2 is 2.35 bits per heavy atom. The van der Waals surface area contributed by atoms with Crippen molar-refractivity contribution in [3.05, 3.63) is 16.0 Å². The molecule has 0 saturated carbocycles. The minimum absolute atomic E-state index is 0.128. The van der Waals surface area contributed by atoms with E-state index in [9.17, 15) is 13.5 Å². The highest BCUT2D eigenvalue weighted by molar-refractivity contribution is 7.91. The van der Waals surface area contributed by atoms with Gasteiger partial charge in [-0.1, -0.05) is 11.6 Å². The second-order valence-corrected chi connectivity index (χ2v) is 7.89. The second kappa shape index (κ2) is 4.85. The molecule has 2 rings (SSSR count). The largest absolute Gasteiger partial charge is 0.395 e. The van der Waals surface area contributed by atoms with Crippen molar-refractivity contribution in [1.82, 2.24) is 4.31 Å². The van der Waals surface area contributed by atoms with Gasteiger partial charge in [0, 0.05) is 12.6 Å². The van der Waals surface area contributed by atoms with Crippen molar-refractivity contribution in [3.8, 4) is 0 Å². The SMILES string of the molecule is Cc1cc(S(=O)(=O)N2CCC[C@H]2CO)sc1Cl. The van der Waals surface area contributed by atoms with Crippen LogP contribution in [0.4, 0.5) is 0 Å². The number of halogens is 1. The van der Waals surface area contributed by atoms with Crippen molar-refractivity contribution in [2.75, 3.05) is 13.2 Å². The molecule has 96 valence electrons. The van der Waals surface area contributed by atoms with E-state index in [0.29, 0.717) is 17.3 Å². The number of rotatable bonds is 3. The molecule has 0 aromatic carbocycles. The lowest BCUT2D eigenvalue weighted by Crippen LogP contribution is -2.37. The predicted octanol–water partition coefficient (Wildman–Crippen LogP) is 1.86. The molecular formula is C10H14ClNO3S2. The topological polar surface area (TPSA) is 57.6 Å². The first-order valence-corrected chi connectivity index (χ1v) is 7.99. The molecule has 0 unspecified atom stereocenters. The summed E-state index contributed by atoms with van der Waals surface area (Å²) in [4.78, 5) is 0. The van der Waals surface area contributed by atoms with Gasteiger partial charge in [0.15, 0.2) is 0 Å². The molecule has 1 aromatic rings. The van der Waals surface area contributed by atoms with Crippen LogP contribution in [0.5, 0.6) is 0 Å². The summed E-state index contributed by atoms with van der Waals surface area (Å²) in [6.45, 7) is 2.13. The molecule has 0 radical (unpaired) electrons. The van der Waals surface area contributed by atoms with Crippen LogP contribution in [0.3, 0.4) is 0 Å². The van der Waals surface area contributed by atoms with Crippen LogP contribution in [-0.2, 0) is 10.0 Å². The van der Waals surface area contributed by atoms with Crippen LogP contribution < -0.4 is 0 Å². The Balaban J connectivity index is 2.36. The van der Waals surface area contributed by atoms with E-state index in [0.717, 1.165) is 23.3 Å². The van der Waals surface area contributed by atoms with Gasteiger partial charge in [-0.2, -0.15) is 4.31 Å². The maximum absolute atomic E-state index is 12.3. The summed E-state index contributed by atoms with van der Waals surface area (Å²) in [5, 5.41) is 9.18. The molecule has 0 aliphatic carbocycles. The van der Waals surface area contributed by atoms with Crippen LogP contribution in [0.25, 0.3) is 0 Å². The zero-order chi connectivity index (χ0) is 12.6. The van der Waals surface area contributed by atoms with Crippen molar-refractivity contribution in [3.63, 3.8) is 0 Å². The van der Waals surface area contributed by atoms with Crippen molar-refractivity contribution in [2.24, 2.45) is 0 Å². The highest BCUT2D eigenvalue weighted by Gasteiger charge is 2.35. The van der Waals surface area contributed by atoms with Crippen molar-refractivity contribution in [1.29, 1.82) is 0 Å². The third-order valence-corrected chi connectivity index (χ3v) is 6.89. The Morgan fingerprint density at radius 3 is 2.88 bits per heavy atom. The fraction of sp³-hybridized carbons (Fsp3) is 0.600. The monoisotopic (exact) mass is 295 g/mol. The summed E-state index contributed by atoms with van der Waals surface area (Å²) in [5.41, 5.74) is 0.773. The fourth-order valence-electron chi connectivity index (χ4n) is 1.98. The van der Waals surface area contributed by atoms with E-state index < -0.39 is 10.0 Å². The molecule has 1 atom stereocenters. The van der Waals surface area contributed by atoms with Gasteiger partial charge in [0.05, 0.1) is 10.9 Å². The number of hydrogen-bond acceptors (Lipinski definition) is 4. The molecule has 0 bridgehead atoms. The average Bonchev–Trinajstić information content (AvgIpc) is 2.86. The highest BCUT2D eigenvalue weighted by atomic mass is 35.5. The number of sulfonamides is 1. The summed E-state index contributed by atoms with van der Waals surface area (Å²) in [5.74, 6) is 0. The quantitative estimate of drug-likeness (QED) is 0.926. The number of thiophene rings is 1. The third-order valence-electron chi connectivity index (χ3n) is 2.93. The van der Waals surface area contributed by atoms with Crippen LogP contribution in [0, 0.1) is 6.92 Å². The van der Waals surface area contributed by atoms with Crippen LogP contribution in [0.1, 0.15) is 18.4 Å². The minimum Gasteiger partial charge on any atom is -0.395 e. The number of aliphatic hydroxyl groups is 1. The molecular weight excluding hydrogens is 282 g/mol. The molecule has 1 aromatic heterocycles. The van der Waals surface area contributed by atoms with E-state index in [2.05, 4.69) is 0 Å². The molecule has 0 spiro atoms. The van der Waals surface area contributed by atoms with E-state index in [4.69, 9.17) is 11.6 Å². The summed E-state index contributed by atoms with van der Waals surface area (Å²) in [7, 11) is -3.49. The van der Waals surface area contributed by atoms with Gasteiger partial charge in [-0.25, -0.2) is 8.42 Å². The van der Waals surface area contributed by atoms with E-state index in [1.165, 1.54) is 4.31 Å². The maximum atomic E-state index is 12.3. The standard InChI is InChI=1S/C10H14ClNO3S2/c1-7-5-9(16-10(7)11)17(14,15)12-4-2-3-8(12)6-13/h5,8,13H,2-4,6H2,1H3/t8-/m0/s1. The fourth-order valence-corrected chi connectivity index (χ4v) is 5.51. The molecule has 17 heavy (non-hydrogen) atoms. The Labute approximate surface area is 110 Å². The number of nitrogens with zero attached hydrogens (tertiary/aromatic N) is 1. The van der Waals surface area contributed by atoms with Gasteiger partial charge in [-0.3, -0.25) is 0 Å². The molecule has 7 heteroatoms. The molecule has 0 amide bonds. The molecule has 2 heterocycles. The van der Waals surface area contributed by atoms with Gasteiger partial charge in [-0.15, -0.1) is 11.3 Å². The smallest absolute Gasteiger partial charge is 0.252 e. The molecule has 4 nitrogen and oxygen atoms in total. The minimum atomic E-state index is -3.49. The van der Waals surface area contributed by atoms with E-state index >= 15 is 0 Å². The zero-order valence-electron chi connectivity index (χ0n) is 9.39. The van der Waals surface area contributed by atoms with Crippen molar-refractivity contribution < 1.29 is 13.5 Å². The van der Waals surface area contributed by atoms with Crippen molar-refractivity contribution in [2.45, 2.75) is 30.0 Å². The number of hydrogen-bond donors (Lipinski definition) is 1. The predicted molar refractivity (Wildman–Crippen MR) is 68.1 cm³/mol. The second-order valence-electron chi connectivity index (χ2n) is 4.12. The van der Waals surface area contributed by atoms with Gasteiger partial charge < -0.3 is 5.11 Å². The first-order valence-electron chi connectivity index (χ1n) is 5.35. The van der Waals surface area contributed by atoms with Gasteiger partial charge in [0.2, 0.25) is 0 Å². The summed E-state index contributed by atoms with van der Waals surface area (Å²) < 4.78 is 26.8. The van der Waals surface area contributed by atoms with Crippen LogP contribution in [-0.4, -0.2) is 37.0 Å². The van der Waals surface area contributed by atoms with Crippen LogP contribution >= 0.6 is 22.9 Å². The van der Waals surface area contributed by atoms with Crippen LogP contribution in [0.2, 0.25) is 4.34 Å².